The number of rotatable bonds is 3. The third kappa shape index (κ3) is 3.26. The molecule has 0 atom stereocenters. The molecule has 0 aliphatic heterocycles. The fourth-order valence-electron chi connectivity index (χ4n) is 0.855. The molecular formula is C9H11N3O3. The first-order valence-electron chi connectivity index (χ1n) is 4.20. The van der Waals surface area contributed by atoms with Crippen LogP contribution in [0, 0.1) is 0 Å². The minimum Gasteiger partial charge on any atom is -0.468 e. The number of nitrogens with zero attached hydrogens (tertiary/aromatic N) is 1. The van der Waals surface area contributed by atoms with Crippen LogP contribution in [0.25, 0.3) is 0 Å². The second-order valence-corrected chi connectivity index (χ2v) is 2.74. The number of pyridine rings is 1. The van der Waals surface area contributed by atoms with Crippen molar-refractivity contribution < 1.29 is 14.3 Å². The van der Waals surface area contributed by atoms with E-state index in [4.69, 9.17) is 5.73 Å². The number of anilines is 1. The third-order valence-electron chi connectivity index (χ3n) is 1.64. The van der Waals surface area contributed by atoms with Crippen molar-refractivity contribution in [3.63, 3.8) is 0 Å². The van der Waals surface area contributed by atoms with Crippen LogP contribution in [0.2, 0.25) is 0 Å². The quantitative estimate of drug-likeness (QED) is 0.658. The van der Waals surface area contributed by atoms with Crippen molar-refractivity contribution in [3.05, 3.63) is 24.0 Å². The molecule has 6 heteroatoms. The molecule has 1 amide bonds. The zero-order valence-electron chi connectivity index (χ0n) is 8.19. The van der Waals surface area contributed by atoms with Gasteiger partial charge in [-0.25, -0.2) is 4.98 Å². The van der Waals surface area contributed by atoms with Gasteiger partial charge in [-0.2, -0.15) is 0 Å². The Morgan fingerprint density at radius 3 is 2.80 bits per heavy atom. The lowest BCUT2D eigenvalue weighted by Gasteiger charge is -2.02. The number of ether oxygens (including phenoxy) is 1. The van der Waals surface area contributed by atoms with Crippen LogP contribution in [0.1, 0.15) is 10.5 Å². The zero-order valence-corrected chi connectivity index (χ0v) is 8.19. The van der Waals surface area contributed by atoms with Gasteiger partial charge in [-0.05, 0) is 12.1 Å². The Morgan fingerprint density at radius 2 is 2.27 bits per heavy atom. The van der Waals surface area contributed by atoms with Crippen molar-refractivity contribution in [2.45, 2.75) is 0 Å². The van der Waals surface area contributed by atoms with Crippen molar-refractivity contribution in [2.75, 3.05) is 19.4 Å². The third-order valence-corrected chi connectivity index (χ3v) is 1.64. The topological polar surface area (TPSA) is 94.3 Å². The molecule has 0 unspecified atom stereocenters. The number of hydrogen-bond donors (Lipinski definition) is 2. The molecule has 0 aliphatic carbocycles. The average Bonchev–Trinajstić information content (AvgIpc) is 2.26. The van der Waals surface area contributed by atoms with Crippen molar-refractivity contribution >= 4 is 17.6 Å². The maximum Gasteiger partial charge on any atom is 0.325 e. The summed E-state index contributed by atoms with van der Waals surface area (Å²) in [5.41, 5.74) is 6.08. The Morgan fingerprint density at radius 1 is 1.53 bits per heavy atom. The maximum atomic E-state index is 11.4. The molecule has 0 radical (unpaired) electrons. The molecule has 0 spiro atoms. The summed E-state index contributed by atoms with van der Waals surface area (Å²) in [5, 5.41) is 2.35. The molecule has 0 fully saturated rings. The summed E-state index contributed by atoms with van der Waals surface area (Å²) in [7, 11) is 1.25. The van der Waals surface area contributed by atoms with E-state index in [1.54, 1.807) is 6.07 Å². The van der Waals surface area contributed by atoms with Gasteiger partial charge in [-0.3, -0.25) is 9.59 Å². The van der Waals surface area contributed by atoms with E-state index < -0.39 is 11.9 Å². The van der Waals surface area contributed by atoms with Crippen LogP contribution in [0.15, 0.2) is 18.3 Å². The number of amides is 1. The van der Waals surface area contributed by atoms with E-state index in [-0.39, 0.29) is 12.2 Å². The predicted octanol–water partition coefficient (Wildman–Crippen LogP) is -0.433. The number of carbonyl (C=O) groups is 2. The number of esters is 1. The fraction of sp³-hybridized carbons (Fsp3) is 0.222. The lowest BCUT2D eigenvalue weighted by atomic mass is 10.3. The smallest absolute Gasteiger partial charge is 0.325 e. The van der Waals surface area contributed by atoms with Crippen LogP contribution < -0.4 is 11.1 Å². The Bertz CT molecular complexity index is 361. The largest absolute Gasteiger partial charge is 0.468 e. The lowest BCUT2D eigenvalue weighted by molar-refractivity contribution is -0.139. The summed E-state index contributed by atoms with van der Waals surface area (Å²) in [6.45, 7) is -0.179. The molecule has 1 rings (SSSR count). The van der Waals surface area contributed by atoms with Crippen LogP contribution in [0.4, 0.5) is 5.69 Å². The van der Waals surface area contributed by atoms with Crippen molar-refractivity contribution in [1.29, 1.82) is 0 Å². The number of methoxy groups -OCH3 is 1. The lowest BCUT2D eigenvalue weighted by Crippen LogP contribution is -2.30. The van der Waals surface area contributed by atoms with E-state index in [1.807, 2.05) is 0 Å². The molecule has 3 N–H and O–H groups in total. The molecule has 0 saturated heterocycles. The van der Waals surface area contributed by atoms with Gasteiger partial charge in [0, 0.05) is 0 Å². The van der Waals surface area contributed by atoms with E-state index >= 15 is 0 Å². The number of hydrogen-bond acceptors (Lipinski definition) is 5. The van der Waals surface area contributed by atoms with Crippen LogP contribution >= 0.6 is 0 Å². The van der Waals surface area contributed by atoms with E-state index in [9.17, 15) is 9.59 Å². The summed E-state index contributed by atoms with van der Waals surface area (Å²) in [6.07, 6.45) is 1.37. The van der Waals surface area contributed by atoms with E-state index in [0.29, 0.717) is 5.69 Å². The molecule has 0 aliphatic rings. The first-order valence-corrected chi connectivity index (χ1v) is 4.20. The Balaban J connectivity index is 2.54. The number of nitrogens with one attached hydrogen (secondary N) is 1. The molecule has 0 aromatic carbocycles. The molecule has 80 valence electrons. The van der Waals surface area contributed by atoms with Gasteiger partial charge in [0.2, 0.25) is 0 Å². The summed E-state index contributed by atoms with van der Waals surface area (Å²) >= 11 is 0. The second-order valence-electron chi connectivity index (χ2n) is 2.74. The monoisotopic (exact) mass is 209 g/mol. The average molecular weight is 209 g/mol. The number of carbonyl (C=O) groups excluding carboxylic acids is 2. The standard InChI is InChI=1S/C9H11N3O3/c1-15-8(13)5-12-9(14)7-3-2-6(10)4-11-7/h2-4H,5,10H2,1H3,(H,12,14). The first-order chi connectivity index (χ1) is 7.13. The molecule has 0 saturated carbocycles. The molecule has 6 nitrogen and oxygen atoms in total. The summed E-state index contributed by atoms with van der Waals surface area (Å²) in [4.78, 5) is 25.9. The van der Waals surface area contributed by atoms with Crippen LogP contribution in [0.5, 0.6) is 0 Å². The summed E-state index contributed by atoms with van der Waals surface area (Å²) in [5.74, 6) is -0.959. The van der Waals surface area contributed by atoms with Gasteiger partial charge in [0.25, 0.3) is 5.91 Å². The van der Waals surface area contributed by atoms with E-state index in [0.717, 1.165) is 0 Å². The summed E-state index contributed by atoms with van der Waals surface area (Å²) < 4.78 is 4.36. The SMILES string of the molecule is COC(=O)CNC(=O)c1ccc(N)cn1. The molecule has 1 aromatic heterocycles. The van der Waals surface area contributed by atoms with Gasteiger partial charge < -0.3 is 15.8 Å². The van der Waals surface area contributed by atoms with Crippen LogP contribution in [-0.4, -0.2) is 30.5 Å². The van der Waals surface area contributed by atoms with Gasteiger partial charge in [0.05, 0.1) is 19.0 Å². The molecule has 1 heterocycles. The Labute approximate surface area is 86.4 Å². The van der Waals surface area contributed by atoms with Gasteiger partial charge >= 0.3 is 5.97 Å². The highest BCUT2D eigenvalue weighted by Gasteiger charge is 2.08. The van der Waals surface area contributed by atoms with Gasteiger partial charge in [0.15, 0.2) is 0 Å². The minimum atomic E-state index is -0.515. The second kappa shape index (κ2) is 4.94. The molecule has 0 bridgehead atoms. The Kier molecular flexibility index (Phi) is 3.61. The number of nitrogen functional groups attached to an aromatic ring is 1. The highest BCUT2D eigenvalue weighted by atomic mass is 16.5. The van der Waals surface area contributed by atoms with E-state index in [1.165, 1.54) is 19.4 Å². The molecule has 15 heavy (non-hydrogen) atoms. The normalized spacial score (nSPS) is 9.40. The maximum absolute atomic E-state index is 11.4. The highest BCUT2D eigenvalue weighted by Crippen LogP contribution is 2.00. The van der Waals surface area contributed by atoms with Gasteiger partial charge in [-0.15, -0.1) is 0 Å². The van der Waals surface area contributed by atoms with Gasteiger partial charge in [0.1, 0.15) is 12.2 Å². The molecule has 1 aromatic rings. The minimum absolute atomic E-state index is 0.179. The Hall–Kier alpha value is -2.11. The fourth-order valence-corrected chi connectivity index (χ4v) is 0.855. The van der Waals surface area contributed by atoms with Crippen LogP contribution in [-0.2, 0) is 9.53 Å². The molecular weight excluding hydrogens is 198 g/mol. The van der Waals surface area contributed by atoms with E-state index in [2.05, 4.69) is 15.0 Å². The first kappa shape index (κ1) is 11.0. The number of nitrogens with two attached hydrogens (primary N) is 1. The van der Waals surface area contributed by atoms with Crippen molar-refractivity contribution in [2.24, 2.45) is 0 Å². The zero-order chi connectivity index (χ0) is 11.3. The van der Waals surface area contributed by atoms with Crippen LogP contribution in [0.3, 0.4) is 0 Å². The summed E-state index contributed by atoms with van der Waals surface area (Å²) in [6, 6.07) is 3.03. The van der Waals surface area contributed by atoms with Crippen molar-refractivity contribution in [3.8, 4) is 0 Å². The highest BCUT2D eigenvalue weighted by molar-refractivity contribution is 5.94. The number of aromatic nitrogens is 1. The van der Waals surface area contributed by atoms with Crippen molar-refractivity contribution in [1.82, 2.24) is 10.3 Å². The van der Waals surface area contributed by atoms with Gasteiger partial charge in [-0.1, -0.05) is 0 Å². The predicted molar refractivity (Wildman–Crippen MR) is 53.0 cm³/mol.